The van der Waals surface area contributed by atoms with Crippen LogP contribution in [0.3, 0.4) is 0 Å². The number of amides is 2. The topological polar surface area (TPSA) is 71.5 Å². The highest BCUT2D eigenvalue weighted by Gasteiger charge is 2.26. The van der Waals surface area contributed by atoms with Crippen molar-refractivity contribution in [2.24, 2.45) is 5.92 Å². The first-order chi connectivity index (χ1) is 11.0. The number of hydrogen-bond acceptors (Lipinski definition) is 5. The van der Waals surface area contributed by atoms with E-state index in [2.05, 4.69) is 10.3 Å². The Labute approximate surface area is 141 Å². The van der Waals surface area contributed by atoms with Gasteiger partial charge in [-0.05, 0) is 12.8 Å². The van der Waals surface area contributed by atoms with Crippen molar-refractivity contribution in [3.8, 4) is 0 Å². The number of hydrogen-bond donors (Lipinski definition) is 1. The van der Waals surface area contributed by atoms with Gasteiger partial charge in [-0.25, -0.2) is 4.98 Å². The molecule has 0 spiro atoms. The number of thiazole rings is 1. The lowest BCUT2D eigenvalue weighted by molar-refractivity contribution is -0.136. The molecular formula is C16H25N3O3S. The van der Waals surface area contributed by atoms with Gasteiger partial charge in [0.25, 0.3) is 0 Å². The number of piperidine rings is 1. The van der Waals surface area contributed by atoms with Crippen molar-refractivity contribution in [1.82, 2.24) is 15.2 Å². The first kappa shape index (κ1) is 17.9. The molecule has 0 unspecified atom stereocenters. The molecule has 1 saturated heterocycles. The third-order valence-corrected chi connectivity index (χ3v) is 4.98. The van der Waals surface area contributed by atoms with Crippen molar-refractivity contribution in [1.29, 1.82) is 0 Å². The van der Waals surface area contributed by atoms with E-state index >= 15 is 0 Å². The Balaban J connectivity index is 1.91. The summed E-state index contributed by atoms with van der Waals surface area (Å²) in [5, 5.41) is 5.92. The van der Waals surface area contributed by atoms with Crippen molar-refractivity contribution in [3.63, 3.8) is 0 Å². The number of carbonyl (C=O) groups is 2. The molecule has 2 heterocycles. The first-order valence-corrected chi connectivity index (χ1v) is 8.88. The van der Waals surface area contributed by atoms with Gasteiger partial charge in [0.15, 0.2) is 0 Å². The Kier molecular flexibility index (Phi) is 6.53. The van der Waals surface area contributed by atoms with Crippen LogP contribution in [-0.4, -0.2) is 48.5 Å². The Morgan fingerprint density at radius 2 is 2.30 bits per heavy atom. The minimum Gasteiger partial charge on any atom is -0.375 e. The van der Waals surface area contributed by atoms with E-state index in [1.54, 1.807) is 11.3 Å². The van der Waals surface area contributed by atoms with E-state index in [1.807, 2.05) is 24.1 Å². The van der Waals surface area contributed by atoms with Crippen LogP contribution in [0, 0.1) is 5.92 Å². The molecule has 1 aromatic heterocycles. The summed E-state index contributed by atoms with van der Waals surface area (Å²) in [5.74, 6) is 0.336. The Hall–Kier alpha value is -1.47. The smallest absolute Gasteiger partial charge is 0.248 e. The molecule has 2 amide bonds. The van der Waals surface area contributed by atoms with Gasteiger partial charge < -0.3 is 15.0 Å². The fraction of sp³-hybridized carbons (Fsp3) is 0.688. The summed E-state index contributed by atoms with van der Waals surface area (Å²) < 4.78 is 4.93. The van der Waals surface area contributed by atoms with Crippen LogP contribution >= 0.6 is 11.3 Å². The summed E-state index contributed by atoms with van der Waals surface area (Å²) in [7, 11) is 1.54. The van der Waals surface area contributed by atoms with E-state index in [9.17, 15) is 9.59 Å². The van der Waals surface area contributed by atoms with E-state index in [0.29, 0.717) is 13.1 Å². The normalized spacial score (nSPS) is 18.3. The Morgan fingerprint density at radius 1 is 1.52 bits per heavy atom. The molecule has 6 nitrogen and oxygen atoms in total. The predicted molar refractivity (Wildman–Crippen MR) is 89.2 cm³/mol. The molecule has 1 atom stereocenters. The second kappa shape index (κ2) is 8.40. The van der Waals surface area contributed by atoms with Gasteiger partial charge >= 0.3 is 0 Å². The van der Waals surface area contributed by atoms with Crippen molar-refractivity contribution >= 4 is 23.2 Å². The third kappa shape index (κ3) is 5.00. The molecule has 128 valence electrons. The molecule has 1 aliphatic heterocycles. The van der Waals surface area contributed by atoms with Crippen LogP contribution in [0.4, 0.5) is 0 Å². The average molecular weight is 339 g/mol. The van der Waals surface area contributed by atoms with Gasteiger partial charge in [0.05, 0.1) is 17.2 Å². The largest absolute Gasteiger partial charge is 0.375 e. The number of likely N-dealkylation sites (tertiary alicyclic amines) is 1. The van der Waals surface area contributed by atoms with Crippen molar-refractivity contribution in [3.05, 3.63) is 16.1 Å². The van der Waals surface area contributed by atoms with Crippen molar-refractivity contribution in [2.45, 2.75) is 39.2 Å². The van der Waals surface area contributed by atoms with Crippen LogP contribution in [0.25, 0.3) is 0 Å². The van der Waals surface area contributed by atoms with Gasteiger partial charge in [0.2, 0.25) is 11.8 Å². The molecule has 1 N–H and O–H groups in total. The molecule has 23 heavy (non-hydrogen) atoms. The van der Waals surface area contributed by atoms with Crippen LogP contribution in [0.15, 0.2) is 5.38 Å². The molecule has 0 aliphatic carbocycles. The molecule has 0 radical (unpaired) electrons. The lowest BCUT2D eigenvalue weighted by Crippen LogP contribution is -2.40. The van der Waals surface area contributed by atoms with Crippen LogP contribution in [0.2, 0.25) is 0 Å². The molecule has 1 aliphatic rings. The van der Waals surface area contributed by atoms with Crippen molar-refractivity contribution < 1.29 is 14.3 Å². The zero-order chi connectivity index (χ0) is 16.8. The summed E-state index contributed by atoms with van der Waals surface area (Å²) >= 11 is 1.61. The quantitative estimate of drug-likeness (QED) is 0.857. The second-order valence-corrected chi connectivity index (χ2v) is 7.05. The van der Waals surface area contributed by atoms with E-state index in [1.165, 1.54) is 7.11 Å². The summed E-state index contributed by atoms with van der Waals surface area (Å²) in [6.45, 7) is 5.84. The fourth-order valence-electron chi connectivity index (χ4n) is 2.59. The number of carbonyl (C=O) groups excluding carboxylic acids is 2. The lowest BCUT2D eigenvalue weighted by atomic mass is 9.98. The number of nitrogens with one attached hydrogen (secondary N) is 1. The number of rotatable bonds is 6. The molecule has 1 fully saturated rings. The first-order valence-electron chi connectivity index (χ1n) is 8.00. The number of methoxy groups -OCH3 is 1. The highest BCUT2D eigenvalue weighted by Crippen LogP contribution is 2.29. The monoisotopic (exact) mass is 339 g/mol. The number of aromatic nitrogens is 1. The maximum atomic E-state index is 12.0. The minimum absolute atomic E-state index is 0.0215. The third-order valence-electron chi connectivity index (χ3n) is 3.93. The van der Waals surface area contributed by atoms with Crippen LogP contribution in [0.1, 0.15) is 43.3 Å². The van der Waals surface area contributed by atoms with Crippen molar-refractivity contribution in [2.75, 3.05) is 26.8 Å². The lowest BCUT2D eigenvalue weighted by Gasteiger charge is -2.31. The maximum absolute atomic E-state index is 12.0. The van der Waals surface area contributed by atoms with E-state index < -0.39 is 0 Å². The highest BCUT2D eigenvalue weighted by atomic mass is 32.1. The van der Waals surface area contributed by atoms with Gasteiger partial charge in [0, 0.05) is 37.4 Å². The molecule has 0 saturated carbocycles. The summed E-state index contributed by atoms with van der Waals surface area (Å²) in [4.78, 5) is 30.1. The molecule has 2 rings (SSSR count). The fourth-order valence-corrected chi connectivity index (χ4v) is 3.54. The van der Waals surface area contributed by atoms with E-state index in [4.69, 9.17) is 4.74 Å². The van der Waals surface area contributed by atoms with Gasteiger partial charge in [-0.1, -0.05) is 13.8 Å². The van der Waals surface area contributed by atoms with Crippen LogP contribution in [-0.2, 0) is 20.9 Å². The molecule has 0 aromatic carbocycles. The second-order valence-electron chi connectivity index (χ2n) is 6.16. The highest BCUT2D eigenvalue weighted by molar-refractivity contribution is 7.09. The number of nitrogens with zero attached hydrogens (tertiary/aromatic N) is 2. The summed E-state index contributed by atoms with van der Waals surface area (Å²) in [6.07, 6.45) is 2.03. The Bertz CT molecular complexity index is 544. The zero-order valence-corrected chi connectivity index (χ0v) is 14.8. The molecule has 0 bridgehead atoms. The number of ether oxygens (including phenoxy) is 1. The molecule has 1 aromatic rings. The van der Waals surface area contributed by atoms with Crippen LogP contribution in [0.5, 0.6) is 0 Å². The van der Waals surface area contributed by atoms with Gasteiger partial charge in [-0.2, -0.15) is 0 Å². The zero-order valence-electron chi connectivity index (χ0n) is 14.0. The predicted octanol–water partition coefficient (Wildman–Crippen LogP) is 1.77. The van der Waals surface area contributed by atoms with Gasteiger partial charge in [0.1, 0.15) is 6.61 Å². The summed E-state index contributed by atoms with van der Waals surface area (Å²) in [6, 6.07) is 0. The van der Waals surface area contributed by atoms with E-state index in [-0.39, 0.29) is 30.3 Å². The van der Waals surface area contributed by atoms with Gasteiger partial charge in [-0.3, -0.25) is 9.59 Å². The maximum Gasteiger partial charge on any atom is 0.248 e. The average Bonchev–Trinajstić information content (AvgIpc) is 3.02. The standard InChI is InChI=1S/C16H25N3O3S/c1-11(2)15(21)17-7-13-10-23-16(18-13)12-5-4-6-19(8-12)14(20)9-22-3/h10-12H,4-9H2,1-3H3,(H,17,21)/t12-/m0/s1. The Morgan fingerprint density at radius 3 is 3.00 bits per heavy atom. The molecule has 7 heteroatoms. The molecular weight excluding hydrogens is 314 g/mol. The van der Waals surface area contributed by atoms with Gasteiger partial charge in [-0.15, -0.1) is 11.3 Å². The SMILES string of the molecule is COCC(=O)N1CCC[C@H](c2nc(CNC(=O)C(C)C)cs2)C1. The summed E-state index contributed by atoms with van der Waals surface area (Å²) in [5.41, 5.74) is 0.888. The van der Waals surface area contributed by atoms with Crippen LogP contribution < -0.4 is 5.32 Å². The minimum atomic E-state index is -0.0215. The van der Waals surface area contributed by atoms with E-state index in [0.717, 1.165) is 30.1 Å².